The number of sulfonamides is 1. The Kier molecular flexibility index (Phi) is 6.87. The first-order valence-corrected chi connectivity index (χ1v) is 10.2. The van der Waals surface area contributed by atoms with Crippen LogP contribution in [0.4, 0.5) is 5.69 Å². The van der Waals surface area contributed by atoms with Gasteiger partial charge in [0, 0.05) is 24.2 Å². The maximum absolute atomic E-state index is 12.3. The van der Waals surface area contributed by atoms with Crippen LogP contribution in [-0.2, 0) is 14.8 Å². The van der Waals surface area contributed by atoms with Gasteiger partial charge in [-0.15, -0.1) is 0 Å². The van der Waals surface area contributed by atoms with Crippen molar-refractivity contribution >= 4 is 27.4 Å². The molecule has 0 fully saturated rings. The maximum atomic E-state index is 12.3. The first-order chi connectivity index (χ1) is 12.7. The molecule has 0 bridgehead atoms. The van der Waals surface area contributed by atoms with E-state index in [1.165, 1.54) is 25.1 Å². The molecule has 0 heterocycles. The third kappa shape index (κ3) is 6.01. The third-order valence-electron chi connectivity index (χ3n) is 4.03. The van der Waals surface area contributed by atoms with E-state index in [1.54, 1.807) is 12.1 Å². The number of carbonyl (C=O) groups excluding carboxylic acids is 2. The SMILES string of the molecule is CC(=O)c1cccc(S(=O)(=O)NCCC(=O)Nc2cccc(C(C)C)c2)c1. The van der Waals surface area contributed by atoms with Crippen LogP contribution in [0.1, 0.15) is 49.0 Å². The van der Waals surface area contributed by atoms with Crippen molar-refractivity contribution in [3.05, 3.63) is 59.7 Å². The number of hydrogen-bond acceptors (Lipinski definition) is 4. The minimum absolute atomic E-state index is 0.000225. The molecule has 2 rings (SSSR count). The molecule has 0 radical (unpaired) electrons. The molecule has 0 aliphatic heterocycles. The summed E-state index contributed by atoms with van der Waals surface area (Å²) in [6.45, 7) is 5.47. The molecule has 0 saturated heterocycles. The number of ketones is 1. The number of amides is 1. The average Bonchev–Trinajstić information content (AvgIpc) is 2.61. The minimum atomic E-state index is -3.79. The van der Waals surface area contributed by atoms with Gasteiger partial charge in [-0.2, -0.15) is 0 Å². The Balaban J connectivity index is 1.93. The maximum Gasteiger partial charge on any atom is 0.240 e. The van der Waals surface area contributed by atoms with Crippen molar-refractivity contribution in [2.75, 3.05) is 11.9 Å². The van der Waals surface area contributed by atoms with Crippen LogP contribution in [0.2, 0.25) is 0 Å². The lowest BCUT2D eigenvalue weighted by Gasteiger charge is -2.10. The van der Waals surface area contributed by atoms with Crippen LogP contribution in [0, 0.1) is 0 Å². The Bertz CT molecular complexity index is 937. The number of carbonyl (C=O) groups is 2. The minimum Gasteiger partial charge on any atom is -0.326 e. The van der Waals surface area contributed by atoms with Gasteiger partial charge in [-0.05, 0) is 42.7 Å². The van der Waals surface area contributed by atoms with Gasteiger partial charge in [-0.25, -0.2) is 13.1 Å². The van der Waals surface area contributed by atoms with Gasteiger partial charge in [0.15, 0.2) is 5.78 Å². The lowest BCUT2D eigenvalue weighted by Crippen LogP contribution is -2.28. The van der Waals surface area contributed by atoms with E-state index in [0.29, 0.717) is 17.2 Å². The summed E-state index contributed by atoms with van der Waals surface area (Å²) >= 11 is 0. The molecule has 7 heteroatoms. The molecule has 2 aromatic rings. The van der Waals surface area contributed by atoms with Gasteiger partial charge < -0.3 is 5.32 Å². The number of rotatable bonds is 8. The first-order valence-electron chi connectivity index (χ1n) is 8.69. The summed E-state index contributed by atoms with van der Waals surface area (Å²) in [6, 6.07) is 13.4. The lowest BCUT2D eigenvalue weighted by atomic mass is 10.0. The highest BCUT2D eigenvalue weighted by Crippen LogP contribution is 2.18. The fourth-order valence-electron chi connectivity index (χ4n) is 2.46. The van der Waals surface area contributed by atoms with Crippen LogP contribution >= 0.6 is 0 Å². The zero-order chi connectivity index (χ0) is 20.0. The van der Waals surface area contributed by atoms with Crippen LogP contribution in [0.25, 0.3) is 0 Å². The predicted molar refractivity (Wildman–Crippen MR) is 105 cm³/mol. The molecule has 0 atom stereocenters. The zero-order valence-corrected chi connectivity index (χ0v) is 16.5. The zero-order valence-electron chi connectivity index (χ0n) is 15.7. The fourth-order valence-corrected chi connectivity index (χ4v) is 3.54. The van der Waals surface area contributed by atoms with E-state index in [1.807, 2.05) is 18.2 Å². The molecule has 2 aromatic carbocycles. The van der Waals surface area contributed by atoms with Crippen LogP contribution in [0.3, 0.4) is 0 Å². The Hall–Kier alpha value is -2.51. The van der Waals surface area contributed by atoms with E-state index in [9.17, 15) is 18.0 Å². The van der Waals surface area contributed by atoms with E-state index in [-0.39, 0.29) is 29.6 Å². The van der Waals surface area contributed by atoms with Crippen LogP contribution in [-0.4, -0.2) is 26.7 Å². The summed E-state index contributed by atoms with van der Waals surface area (Å²) in [7, 11) is -3.79. The highest BCUT2D eigenvalue weighted by molar-refractivity contribution is 7.89. The highest BCUT2D eigenvalue weighted by Gasteiger charge is 2.15. The van der Waals surface area contributed by atoms with Crippen molar-refractivity contribution in [2.24, 2.45) is 0 Å². The normalized spacial score (nSPS) is 11.4. The molecule has 0 aliphatic carbocycles. The molecule has 1 amide bonds. The second kappa shape index (κ2) is 8.92. The average molecular weight is 388 g/mol. The van der Waals surface area contributed by atoms with Crippen molar-refractivity contribution in [3.8, 4) is 0 Å². The second-order valence-electron chi connectivity index (χ2n) is 6.56. The van der Waals surface area contributed by atoms with Crippen molar-refractivity contribution in [2.45, 2.75) is 38.0 Å². The number of Topliss-reactive ketones (excluding diaryl/α,β-unsaturated/α-hetero) is 1. The topological polar surface area (TPSA) is 92.3 Å². The number of nitrogens with one attached hydrogen (secondary N) is 2. The van der Waals surface area contributed by atoms with Crippen molar-refractivity contribution in [3.63, 3.8) is 0 Å². The summed E-state index contributed by atoms with van der Waals surface area (Å²) < 4.78 is 27.0. The van der Waals surface area contributed by atoms with E-state index in [0.717, 1.165) is 5.56 Å². The molecule has 0 unspecified atom stereocenters. The Morgan fingerprint density at radius 1 is 1.04 bits per heavy atom. The van der Waals surface area contributed by atoms with Crippen LogP contribution in [0.15, 0.2) is 53.4 Å². The summed E-state index contributed by atoms with van der Waals surface area (Å²) in [5, 5.41) is 2.77. The largest absolute Gasteiger partial charge is 0.326 e. The summed E-state index contributed by atoms with van der Waals surface area (Å²) in [4.78, 5) is 23.5. The molecule has 6 nitrogen and oxygen atoms in total. The second-order valence-corrected chi connectivity index (χ2v) is 8.33. The first kappa shape index (κ1) is 20.8. The van der Waals surface area contributed by atoms with Gasteiger partial charge in [0.05, 0.1) is 4.90 Å². The van der Waals surface area contributed by atoms with E-state index in [2.05, 4.69) is 23.9 Å². The van der Waals surface area contributed by atoms with Gasteiger partial charge in [0.2, 0.25) is 15.9 Å². The van der Waals surface area contributed by atoms with Gasteiger partial charge >= 0.3 is 0 Å². The quantitative estimate of drug-likeness (QED) is 0.679. The summed E-state index contributed by atoms with van der Waals surface area (Å²) in [5.74, 6) is -0.148. The van der Waals surface area contributed by atoms with Gasteiger partial charge in [0.1, 0.15) is 0 Å². The van der Waals surface area contributed by atoms with Crippen LogP contribution < -0.4 is 10.0 Å². The lowest BCUT2D eigenvalue weighted by molar-refractivity contribution is -0.116. The third-order valence-corrected chi connectivity index (χ3v) is 5.49. The fraction of sp³-hybridized carbons (Fsp3) is 0.300. The van der Waals surface area contributed by atoms with E-state index < -0.39 is 10.0 Å². The Morgan fingerprint density at radius 3 is 2.41 bits per heavy atom. The molecule has 27 heavy (non-hydrogen) atoms. The summed E-state index contributed by atoms with van der Waals surface area (Å²) in [5.41, 5.74) is 2.11. The molecule has 144 valence electrons. The molecule has 0 aliphatic rings. The van der Waals surface area contributed by atoms with E-state index in [4.69, 9.17) is 0 Å². The van der Waals surface area contributed by atoms with Gasteiger partial charge in [0.25, 0.3) is 0 Å². The smallest absolute Gasteiger partial charge is 0.240 e. The number of anilines is 1. The molecular formula is C20H24N2O4S. The number of benzene rings is 2. The summed E-state index contributed by atoms with van der Waals surface area (Å²) in [6.07, 6.45) is -0.00245. The van der Waals surface area contributed by atoms with Crippen molar-refractivity contribution in [1.29, 1.82) is 0 Å². The van der Waals surface area contributed by atoms with E-state index >= 15 is 0 Å². The van der Waals surface area contributed by atoms with Crippen molar-refractivity contribution in [1.82, 2.24) is 4.72 Å². The molecule has 0 spiro atoms. The standard InChI is InChI=1S/C20H24N2O4S/c1-14(2)16-6-4-8-18(12-16)22-20(24)10-11-21-27(25,26)19-9-5-7-17(13-19)15(3)23/h4-9,12-14,21H,10-11H2,1-3H3,(H,22,24). The van der Waals surface area contributed by atoms with Gasteiger partial charge in [-0.3, -0.25) is 9.59 Å². The molecule has 0 saturated carbocycles. The van der Waals surface area contributed by atoms with Crippen molar-refractivity contribution < 1.29 is 18.0 Å². The molecule has 0 aromatic heterocycles. The van der Waals surface area contributed by atoms with Gasteiger partial charge in [-0.1, -0.05) is 38.1 Å². The number of hydrogen-bond donors (Lipinski definition) is 2. The monoisotopic (exact) mass is 388 g/mol. The molecular weight excluding hydrogens is 364 g/mol. The Morgan fingerprint density at radius 2 is 1.74 bits per heavy atom. The van der Waals surface area contributed by atoms with Crippen LogP contribution in [0.5, 0.6) is 0 Å². The Labute approximate surface area is 160 Å². The predicted octanol–water partition coefficient (Wildman–Crippen LogP) is 3.32. The molecule has 2 N–H and O–H groups in total. The highest BCUT2D eigenvalue weighted by atomic mass is 32.2.